The summed E-state index contributed by atoms with van der Waals surface area (Å²) in [6.07, 6.45) is 2.70. The van der Waals surface area contributed by atoms with Gasteiger partial charge in [-0.05, 0) is 32.8 Å². The standard InChI is InChI=1S/C17H26N6O3S/c1-12-8-15(22(4)20-12)9-18-17(24)14-6-5-7-23(11-14)27(25,26)16-10-19-21(3)13(16)2/h8,10,14H,5-7,9,11H2,1-4H3,(H,18,24). The van der Waals surface area contributed by atoms with E-state index in [1.54, 1.807) is 18.7 Å². The molecule has 3 heterocycles. The number of rotatable bonds is 5. The predicted molar refractivity (Wildman–Crippen MR) is 99.2 cm³/mol. The molecule has 1 amide bonds. The van der Waals surface area contributed by atoms with Crippen molar-refractivity contribution < 1.29 is 13.2 Å². The van der Waals surface area contributed by atoms with Crippen LogP contribution in [-0.4, -0.2) is 51.3 Å². The highest BCUT2D eigenvalue weighted by atomic mass is 32.2. The highest BCUT2D eigenvalue weighted by Crippen LogP contribution is 2.25. The molecule has 2 aromatic rings. The number of carbonyl (C=O) groups is 1. The van der Waals surface area contributed by atoms with E-state index in [0.29, 0.717) is 31.6 Å². The molecule has 148 valence electrons. The van der Waals surface area contributed by atoms with Crippen molar-refractivity contribution in [1.82, 2.24) is 29.2 Å². The maximum atomic E-state index is 12.9. The first-order valence-corrected chi connectivity index (χ1v) is 10.4. The van der Waals surface area contributed by atoms with E-state index in [1.165, 1.54) is 15.2 Å². The lowest BCUT2D eigenvalue weighted by atomic mass is 9.99. The van der Waals surface area contributed by atoms with Gasteiger partial charge in [0.2, 0.25) is 15.9 Å². The maximum Gasteiger partial charge on any atom is 0.246 e. The van der Waals surface area contributed by atoms with Crippen molar-refractivity contribution in [2.45, 2.75) is 38.1 Å². The molecule has 1 atom stereocenters. The summed E-state index contributed by atoms with van der Waals surface area (Å²) in [6.45, 7) is 4.61. The van der Waals surface area contributed by atoms with Crippen LogP contribution in [-0.2, 0) is 35.5 Å². The number of amides is 1. The average molecular weight is 395 g/mol. The zero-order valence-corrected chi connectivity index (χ0v) is 17.0. The number of nitrogens with one attached hydrogen (secondary N) is 1. The number of hydrogen-bond acceptors (Lipinski definition) is 5. The molecule has 3 rings (SSSR count). The average Bonchev–Trinajstić information content (AvgIpc) is 3.14. The number of piperidine rings is 1. The fourth-order valence-corrected chi connectivity index (χ4v) is 5.11. The van der Waals surface area contributed by atoms with Crippen LogP contribution in [0.25, 0.3) is 0 Å². The van der Waals surface area contributed by atoms with Crippen LogP contribution in [0, 0.1) is 19.8 Å². The second-order valence-electron chi connectivity index (χ2n) is 7.04. The van der Waals surface area contributed by atoms with Gasteiger partial charge in [-0.3, -0.25) is 14.2 Å². The van der Waals surface area contributed by atoms with Crippen LogP contribution in [0.3, 0.4) is 0 Å². The Balaban J connectivity index is 1.67. The summed E-state index contributed by atoms with van der Waals surface area (Å²) in [6, 6.07) is 1.92. The Hall–Kier alpha value is -2.20. The molecule has 0 spiro atoms. The second-order valence-corrected chi connectivity index (χ2v) is 8.94. The second kappa shape index (κ2) is 7.43. The zero-order chi connectivity index (χ0) is 19.8. The lowest BCUT2D eigenvalue weighted by Crippen LogP contribution is -2.45. The minimum Gasteiger partial charge on any atom is -0.350 e. The largest absolute Gasteiger partial charge is 0.350 e. The molecule has 9 nitrogen and oxygen atoms in total. The molecule has 1 saturated heterocycles. The van der Waals surface area contributed by atoms with E-state index in [4.69, 9.17) is 0 Å². The molecule has 2 aromatic heterocycles. The third kappa shape index (κ3) is 3.91. The topological polar surface area (TPSA) is 102 Å². The number of aromatic nitrogens is 4. The molecule has 0 radical (unpaired) electrons. The summed E-state index contributed by atoms with van der Waals surface area (Å²) in [5.41, 5.74) is 2.39. The van der Waals surface area contributed by atoms with Gasteiger partial charge in [0.15, 0.2) is 0 Å². The van der Waals surface area contributed by atoms with Crippen molar-refractivity contribution in [3.8, 4) is 0 Å². The molecule has 1 fully saturated rings. The molecule has 1 aliphatic heterocycles. The zero-order valence-electron chi connectivity index (χ0n) is 16.1. The summed E-state index contributed by atoms with van der Waals surface area (Å²) >= 11 is 0. The first-order valence-electron chi connectivity index (χ1n) is 8.96. The van der Waals surface area contributed by atoms with E-state index in [0.717, 1.165) is 11.4 Å². The van der Waals surface area contributed by atoms with Crippen LogP contribution in [0.15, 0.2) is 17.2 Å². The monoisotopic (exact) mass is 394 g/mol. The van der Waals surface area contributed by atoms with Gasteiger partial charge in [0.25, 0.3) is 0 Å². The number of hydrogen-bond donors (Lipinski definition) is 1. The van der Waals surface area contributed by atoms with Crippen LogP contribution < -0.4 is 5.32 Å². The van der Waals surface area contributed by atoms with Gasteiger partial charge in [-0.2, -0.15) is 14.5 Å². The quantitative estimate of drug-likeness (QED) is 0.795. The summed E-state index contributed by atoms with van der Waals surface area (Å²) < 4.78 is 30.6. The first kappa shape index (κ1) is 19.6. The molecular weight excluding hydrogens is 368 g/mol. The van der Waals surface area contributed by atoms with Gasteiger partial charge in [-0.1, -0.05) is 0 Å². The third-order valence-electron chi connectivity index (χ3n) is 5.11. The van der Waals surface area contributed by atoms with Crippen molar-refractivity contribution in [1.29, 1.82) is 0 Å². The normalized spacial score (nSPS) is 18.6. The molecule has 10 heteroatoms. The minimum atomic E-state index is -3.65. The van der Waals surface area contributed by atoms with Crippen molar-refractivity contribution in [3.05, 3.63) is 29.3 Å². The van der Waals surface area contributed by atoms with E-state index < -0.39 is 10.0 Å². The molecule has 1 unspecified atom stereocenters. The van der Waals surface area contributed by atoms with Crippen LogP contribution in [0.5, 0.6) is 0 Å². The highest BCUT2D eigenvalue weighted by Gasteiger charge is 2.34. The molecular formula is C17H26N6O3S. The minimum absolute atomic E-state index is 0.128. The molecule has 1 aliphatic rings. The van der Waals surface area contributed by atoms with Crippen molar-refractivity contribution in [3.63, 3.8) is 0 Å². The van der Waals surface area contributed by atoms with Crippen LogP contribution in [0.1, 0.15) is 29.9 Å². The Morgan fingerprint density at radius 3 is 2.63 bits per heavy atom. The molecule has 0 bridgehead atoms. The van der Waals surface area contributed by atoms with Crippen LogP contribution in [0.4, 0.5) is 0 Å². The summed E-state index contributed by atoms with van der Waals surface area (Å²) in [4.78, 5) is 12.8. The van der Waals surface area contributed by atoms with Gasteiger partial charge >= 0.3 is 0 Å². The van der Waals surface area contributed by atoms with Gasteiger partial charge in [-0.25, -0.2) is 8.42 Å². The highest BCUT2D eigenvalue weighted by molar-refractivity contribution is 7.89. The smallest absolute Gasteiger partial charge is 0.246 e. The lowest BCUT2D eigenvalue weighted by Gasteiger charge is -2.31. The van der Waals surface area contributed by atoms with Gasteiger partial charge in [0.05, 0.1) is 35.7 Å². The van der Waals surface area contributed by atoms with Gasteiger partial charge in [0, 0.05) is 27.2 Å². The Bertz CT molecular complexity index is 946. The molecule has 1 N–H and O–H groups in total. The SMILES string of the molecule is Cc1cc(CNC(=O)C2CCCN(S(=O)(=O)c3cnn(C)c3C)C2)n(C)n1. The summed E-state index contributed by atoms with van der Waals surface area (Å²) in [5.74, 6) is -0.489. The van der Waals surface area contributed by atoms with E-state index in [9.17, 15) is 13.2 Å². The summed E-state index contributed by atoms with van der Waals surface area (Å²) in [7, 11) is -0.111. The fraction of sp³-hybridized carbons (Fsp3) is 0.588. The summed E-state index contributed by atoms with van der Waals surface area (Å²) in [5, 5.41) is 11.2. The first-order chi connectivity index (χ1) is 12.7. The van der Waals surface area contributed by atoms with Gasteiger partial charge < -0.3 is 5.32 Å². The Morgan fingerprint density at radius 2 is 2.04 bits per heavy atom. The number of aryl methyl sites for hydroxylation is 3. The van der Waals surface area contributed by atoms with Crippen molar-refractivity contribution in [2.75, 3.05) is 13.1 Å². The molecule has 0 saturated carbocycles. The maximum absolute atomic E-state index is 12.9. The van der Waals surface area contributed by atoms with E-state index in [-0.39, 0.29) is 23.3 Å². The number of nitrogens with zero attached hydrogens (tertiary/aromatic N) is 5. The predicted octanol–water partition coefficient (Wildman–Crippen LogP) is 0.488. The third-order valence-corrected chi connectivity index (χ3v) is 7.07. The Morgan fingerprint density at radius 1 is 1.30 bits per heavy atom. The Labute approximate surface area is 159 Å². The van der Waals surface area contributed by atoms with E-state index >= 15 is 0 Å². The van der Waals surface area contributed by atoms with Crippen molar-refractivity contribution >= 4 is 15.9 Å². The number of sulfonamides is 1. The van der Waals surface area contributed by atoms with Crippen LogP contribution in [0.2, 0.25) is 0 Å². The van der Waals surface area contributed by atoms with Gasteiger partial charge in [-0.15, -0.1) is 0 Å². The molecule has 27 heavy (non-hydrogen) atoms. The lowest BCUT2D eigenvalue weighted by molar-refractivity contribution is -0.126. The van der Waals surface area contributed by atoms with E-state index in [1.807, 2.05) is 20.0 Å². The fourth-order valence-electron chi connectivity index (χ4n) is 3.40. The van der Waals surface area contributed by atoms with E-state index in [2.05, 4.69) is 15.5 Å². The van der Waals surface area contributed by atoms with Gasteiger partial charge in [0.1, 0.15) is 4.90 Å². The van der Waals surface area contributed by atoms with Crippen molar-refractivity contribution in [2.24, 2.45) is 20.0 Å². The Kier molecular flexibility index (Phi) is 5.38. The van der Waals surface area contributed by atoms with Crippen LogP contribution >= 0.6 is 0 Å². The molecule has 0 aromatic carbocycles. The molecule has 0 aliphatic carbocycles. The number of carbonyl (C=O) groups excluding carboxylic acids is 1.